The van der Waals surface area contributed by atoms with Crippen LogP contribution in [0.1, 0.15) is 19.4 Å². The first-order chi connectivity index (χ1) is 12.7. The minimum atomic E-state index is -4.18. The second-order valence-electron chi connectivity index (χ2n) is 6.34. The molecule has 2 N–H and O–H groups in total. The van der Waals surface area contributed by atoms with Crippen LogP contribution in [0.15, 0.2) is 53.4 Å². The molecule has 0 aliphatic heterocycles. The lowest BCUT2D eigenvalue weighted by Crippen LogP contribution is -2.49. The van der Waals surface area contributed by atoms with Gasteiger partial charge in [0.1, 0.15) is 22.5 Å². The normalized spacial score (nSPS) is 12.6. The number of hydrogen-bond donors (Lipinski definition) is 2. The number of carbonyl (C=O) groups is 1. The van der Waals surface area contributed by atoms with Gasteiger partial charge in [0.2, 0.25) is 15.9 Å². The quantitative estimate of drug-likeness (QED) is 0.720. The molecule has 2 rings (SSSR count). The maximum absolute atomic E-state index is 13.8. The largest absolute Gasteiger partial charge is 0.497 e. The molecule has 0 fully saturated rings. The van der Waals surface area contributed by atoms with Crippen LogP contribution in [-0.2, 0) is 21.4 Å². The number of carbonyl (C=O) groups excluding carboxylic acids is 1. The van der Waals surface area contributed by atoms with E-state index in [0.29, 0.717) is 5.75 Å². The van der Waals surface area contributed by atoms with Crippen molar-refractivity contribution in [1.82, 2.24) is 10.0 Å². The Morgan fingerprint density at radius 2 is 1.85 bits per heavy atom. The summed E-state index contributed by atoms with van der Waals surface area (Å²) in [5.74, 6) is -1.05. The molecule has 0 saturated heterocycles. The molecule has 6 nitrogen and oxygen atoms in total. The zero-order valence-corrected chi connectivity index (χ0v) is 16.2. The Kier molecular flexibility index (Phi) is 6.92. The van der Waals surface area contributed by atoms with Crippen LogP contribution in [0.25, 0.3) is 0 Å². The van der Waals surface area contributed by atoms with Gasteiger partial charge in [-0.05, 0) is 35.7 Å². The Labute approximate surface area is 158 Å². The van der Waals surface area contributed by atoms with Crippen LogP contribution in [-0.4, -0.2) is 27.5 Å². The van der Waals surface area contributed by atoms with Crippen LogP contribution in [0.2, 0.25) is 0 Å². The lowest BCUT2D eigenvalue weighted by Gasteiger charge is -2.22. The highest BCUT2D eigenvalue weighted by molar-refractivity contribution is 7.89. The third-order valence-corrected chi connectivity index (χ3v) is 5.43. The van der Waals surface area contributed by atoms with Gasteiger partial charge in [0.15, 0.2) is 0 Å². The summed E-state index contributed by atoms with van der Waals surface area (Å²) in [6, 6.07) is 11.2. The number of rotatable bonds is 8. The van der Waals surface area contributed by atoms with Gasteiger partial charge < -0.3 is 10.1 Å². The van der Waals surface area contributed by atoms with Gasteiger partial charge in [0, 0.05) is 6.54 Å². The Morgan fingerprint density at radius 3 is 2.48 bits per heavy atom. The Balaban J connectivity index is 2.12. The molecule has 1 amide bonds. The predicted molar refractivity (Wildman–Crippen MR) is 100 cm³/mol. The van der Waals surface area contributed by atoms with Crippen molar-refractivity contribution in [3.05, 3.63) is 59.9 Å². The molecule has 0 aliphatic rings. The lowest BCUT2D eigenvalue weighted by atomic mass is 10.0. The minimum absolute atomic E-state index is 0.209. The van der Waals surface area contributed by atoms with Crippen LogP contribution < -0.4 is 14.8 Å². The van der Waals surface area contributed by atoms with E-state index in [-0.39, 0.29) is 12.5 Å². The van der Waals surface area contributed by atoms with Gasteiger partial charge in [0.25, 0.3) is 0 Å². The second kappa shape index (κ2) is 8.96. The summed E-state index contributed by atoms with van der Waals surface area (Å²) < 4.78 is 46.2. The van der Waals surface area contributed by atoms with E-state index < -0.39 is 32.7 Å². The summed E-state index contributed by atoms with van der Waals surface area (Å²) in [6.45, 7) is 3.63. The highest BCUT2D eigenvalue weighted by Gasteiger charge is 2.29. The molecular formula is C19H23FN2O4S. The molecule has 0 saturated carbocycles. The smallest absolute Gasteiger partial charge is 0.244 e. The summed E-state index contributed by atoms with van der Waals surface area (Å²) in [4.78, 5) is 12.1. The number of amides is 1. The first-order valence-electron chi connectivity index (χ1n) is 8.42. The van der Waals surface area contributed by atoms with Gasteiger partial charge in [-0.1, -0.05) is 38.1 Å². The van der Waals surface area contributed by atoms with E-state index in [0.717, 1.165) is 17.7 Å². The molecule has 0 aromatic heterocycles. The Hall–Kier alpha value is -2.45. The van der Waals surface area contributed by atoms with E-state index in [4.69, 9.17) is 4.74 Å². The predicted octanol–water partition coefficient (Wildman–Crippen LogP) is 2.45. The summed E-state index contributed by atoms with van der Waals surface area (Å²) in [7, 11) is -2.63. The van der Waals surface area contributed by atoms with Crippen molar-refractivity contribution in [3.8, 4) is 5.75 Å². The van der Waals surface area contributed by atoms with Crippen molar-refractivity contribution in [2.45, 2.75) is 31.3 Å². The van der Waals surface area contributed by atoms with Crippen LogP contribution >= 0.6 is 0 Å². The first-order valence-corrected chi connectivity index (χ1v) is 9.90. The third kappa shape index (κ3) is 5.51. The highest BCUT2D eigenvalue weighted by Crippen LogP contribution is 2.16. The van der Waals surface area contributed by atoms with Gasteiger partial charge in [-0.25, -0.2) is 12.8 Å². The molecule has 0 bridgehead atoms. The van der Waals surface area contributed by atoms with E-state index >= 15 is 0 Å². The molecule has 8 heteroatoms. The molecule has 0 radical (unpaired) electrons. The van der Waals surface area contributed by atoms with E-state index in [2.05, 4.69) is 10.0 Å². The number of nitrogens with one attached hydrogen (secondary N) is 2. The van der Waals surface area contributed by atoms with Gasteiger partial charge in [0.05, 0.1) is 7.11 Å². The molecule has 146 valence electrons. The van der Waals surface area contributed by atoms with Gasteiger partial charge in [-0.15, -0.1) is 0 Å². The van der Waals surface area contributed by atoms with Crippen molar-refractivity contribution in [2.75, 3.05) is 7.11 Å². The molecule has 27 heavy (non-hydrogen) atoms. The van der Waals surface area contributed by atoms with Gasteiger partial charge in [-0.3, -0.25) is 4.79 Å². The zero-order chi connectivity index (χ0) is 20.0. The van der Waals surface area contributed by atoms with Crippen molar-refractivity contribution in [1.29, 1.82) is 0 Å². The van der Waals surface area contributed by atoms with Crippen molar-refractivity contribution >= 4 is 15.9 Å². The number of benzene rings is 2. The van der Waals surface area contributed by atoms with E-state index in [1.165, 1.54) is 12.1 Å². The fourth-order valence-corrected chi connectivity index (χ4v) is 3.89. The van der Waals surface area contributed by atoms with Crippen molar-refractivity contribution < 1.29 is 22.3 Å². The van der Waals surface area contributed by atoms with Crippen molar-refractivity contribution in [2.24, 2.45) is 5.92 Å². The van der Waals surface area contributed by atoms with E-state index in [1.807, 2.05) is 6.07 Å². The molecule has 2 aromatic rings. The number of sulfonamides is 1. The van der Waals surface area contributed by atoms with Crippen LogP contribution in [0.3, 0.4) is 0 Å². The van der Waals surface area contributed by atoms with Gasteiger partial charge >= 0.3 is 0 Å². The summed E-state index contributed by atoms with van der Waals surface area (Å²) in [5.41, 5.74) is 0.808. The second-order valence-corrected chi connectivity index (χ2v) is 8.03. The maximum Gasteiger partial charge on any atom is 0.244 e. The van der Waals surface area contributed by atoms with Crippen LogP contribution in [0.5, 0.6) is 5.75 Å². The minimum Gasteiger partial charge on any atom is -0.497 e. The fraction of sp³-hybridized carbons (Fsp3) is 0.316. The average Bonchev–Trinajstić information content (AvgIpc) is 2.64. The monoisotopic (exact) mass is 394 g/mol. The third-order valence-electron chi connectivity index (χ3n) is 3.96. The average molecular weight is 394 g/mol. The number of methoxy groups -OCH3 is 1. The fourth-order valence-electron chi connectivity index (χ4n) is 2.47. The van der Waals surface area contributed by atoms with Crippen LogP contribution in [0.4, 0.5) is 4.39 Å². The molecule has 0 aliphatic carbocycles. The molecular weight excluding hydrogens is 371 g/mol. The summed E-state index contributed by atoms with van der Waals surface area (Å²) in [6.07, 6.45) is 0. The molecule has 0 heterocycles. The Morgan fingerprint density at radius 1 is 1.15 bits per heavy atom. The zero-order valence-electron chi connectivity index (χ0n) is 15.4. The first kappa shape index (κ1) is 20.9. The molecule has 0 unspecified atom stereocenters. The number of ether oxygens (including phenoxy) is 1. The lowest BCUT2D eigenvalue weighted by molar-refractivity contribution is -0.123. The molecule has 2 aromatic carbocycles. The molecule has 1 atom stereocenters. The number of hydrogen-bond acceptors (Lipinski definition) is 4. The highest BCUT2D eigenvalue weighted by atomic mass is 32.2. The van der Waals surface area contributed by atoms with Crippen LogP contribution in [0, 0.1) is 11.7 Å². The Bertz CT molecular complexity index is 900. The maximum atomic E-state index is 13.8. The van der Waals surface area contributed by atoms with Crippen molar-refractivity contribution in [3.63, 3.8) is 0 Å². The SMILES string of the molecule is COc1cccc(CNC(=O)[C@@H](NS(=O)(=O)c2ccccc2F)C(C)C)c1. The summed E-state index contributed by atoms with van der Waals surface area (Å²) in [5, 5.41) is 2.71. The standard InChI is InChI=1S/C19H23FN2O4S/c1-13(2)18(22-27(24,25)17-10-5-4-9-16(17)20)19(23)21-12-14-7-6-8-15(11-14)26-3/h4-11,13,18,22H,12H2,1-3H3,(H,21,23)/t18-/m0/s1. The topological polar surface area (TPSA) is 84.5 Å². The van der Waals surface area contributed by atoms with Gasteiger partial charge in [-0.2, -0.15) is 4.72 Å². The van der Waals surface area contributed by atoms with E-state index in [9.17, 15) is 17.6 Å². The van der Waals surface area contributed by atoms with E-state index in [1.54, 1.807) is 39.2 Å². The summed E-state index contributed by atoms with van der Waals surface area (Å²) >= 11 is 0. The number of halogens is 1. The molecule has 0 spiro atoms.